The van der Waals surface area contributed by atoms with Crippen LogP contribution in [-0.2, 0) is 22.4 Å². The van der Waals surface area contributed by atoms with Crippen LogP contribution in [0.3, 0.4) is 0 Å². The zero-order valence-corrected chi connectivity index (χ0v) is 9.62. The van der Waals surface area contributed by atoms with E-state index >= 15 is 0 Å². The van der Waals surface area contributed by atoms with Gasteiger partial charge in [0.05, 0.1) is 19.6 Å². The van der Waals surface area contributed by atoms with Gasteiger partial charge in [0, 0.05) is 6.42 Å². The van der Waals surface area contributed by atoms with Crippen LogP contribution in [0.5, 0.6) is 0 Å². The molecule has 0 radical (unpaired) electrons. The van der Waals surface area contributed by atoms with Crippen molar-refractivity contribution in [2.45, 2.75) is 26.2 Å². The first-order chi connectivity index (χ1) is 7.69. The lowest BCUT2D eigenvalue weighted by molar-refractivity contribution is -0.140. The number of benzene rings is 1. The average Bonchev–Trinajstić information content (AvgIpc) is 2.30. The highest BCUT2D eigenvalue weighted by Crippen LogP contribution is 2.16. The highest BCUT2D eigenvalue weighted by molar-refractivity contribution is 5.69. The molecule has 0 spiro atoms. The number of hydrogen-bond donors (Lipinski definition) is 0. The van der Waals surface area contributed by atoms with E-state index in [1.54, 1.807) is 0 Å². The Morgan fingerprint density at radius 3 is 2.75 bits per heavy atom. The third-order valence-electron chi connectivity index (χ3n) is 2.65. The predicted molar refractivity (Wildman–Crippen MR) is 60.8 cm³/mol. The van der Waals surface area contributed by atoms with Gasteiger partial charge in [-0.2, -0.15) is 5.26 Å². The van der Waals surface area contributed by atoms with E-state index in [4.69, 9.17) is 5.26 Å². The van der Waals surface area contributed by atoms with Crippen LogP contribution in [0.15, 0.2) is 18.2 Å². The molecule has 1 aromatic rings. The molecular weight excluding hydrogens is 202 g/mol. The van der Waals surface area contributed by atoms with E-state index in [0.29, 0.717) is 19.3 Å². The topological polar surface area (TPSA) is 50.1 Å². The lowest BCUT2D eigenvalue weighted by Crippen LogP contribution is -2.03. The number of carbonyl (C=O) groups excluding carboxylic acids is 1. The maximum Gasteiger partial charge on any atom is 0.305 e. The van der Waals surface area contributed by atoms with Gasteiger partial charge in [-0.3, -0.25) is 4.79 Å². The molecule has 0 aliphatic rings. The number of ether oxygens (including phenoxy) is 1. The third-order valence-corrected chi connectivity index (χ3v) is 2.65. The molecule has 0 aliphatic carbocycles. The number of carbonyl (C=O) groups is 1. The van der Waals surface area contributed by atoms with Crippen molar-refractivity contribution in [2.75, 3.05) is 7.11 Å². The van der Waals surface area contributed by atoms with Gasteiger partial charge in [-0.15, -0.1) is 0 Å². The Labute approximate surface area is 95.7 Å². The molecule has 0 aliphatic heterocycles. The van der Waals surface area contributed by atoms with E-state index < -0.39 is 0 Å². The number of esters is 1. The number of hydrogen-bond acceptors (Lipinski definition) is 3. The summed E-state index contributed by atoms with van der Waals surface area (Å²) >= 11 is 0. The summed E-state index contributed by atoms with van der Waals surface area (Å²) < 4.78 is 4.60. The van der Waals surface area contributed by atoms with E-state index in [1.807, 2.05) is 25.1 Å². The zero-order chi connectivity index (χ0) is 12.0. The van der Waals surface area contributed by atoms with E-state index in [1.165, 1.54) is 7.11 Å². The van der Waals surface area contributed by atoms with Gasteiger partial charge >= 0.3 is 5.97 Å². The van der Waals surface area contributed by atoms with Crippen LogP contribution >= 0.6 is 0 Å². The van der Waals surface area contributed by atoms with Gasteiger partial charge in [0.25, 0.3) is 0 Å². The minimum Gasteiger partial charge on any atom is -0.469 e. The molecule has 0 amide bonds. The fraction of sp³-hybridized carbons (Fsp3) is 0.385. The molecule has 0 N–H and O–H groups in total. The van der Waals surface area contributed by atoms with Crippen LogP contribution in [0.25, 0.3) is 0 Å². The first-order valence-electron chi connectivity index (χ1n) is 5.20. The Morgan fingerprint density at radius 2 is 2.12 bits per heavy atom. The molecule has 3 heteroatoms. The highest BCUT2D eigenvalue weighted by atomic mass is 16.5. The Balaban J connectivity index is 2.77. The quantitative estimate of drug-likeness (QED) is 0.726. The van der Waals surface area contributed by atoms with Crippen molar-refractivity contribution in [2.24, 2.45) is 0 Å². The summed E-state index contributed by atoms with van der Waals surface area (Å²) in [5.41, 5.74) is 3.25. The fourth-order valence-corrected chi connectivity index (χ4v) is 1.62. The molecule has 0 atom stereocenters. The Hall–Kier alpha value is -1.82. The minimum absolute atomic E-state index is 0.204. The standard InChI is InChI=1S/C13H15NO2/c1-10-11(6-7-13(15)16-2)4-3-5-12(10)8-9-14/h3-5H,6-8H2,1-2H3. The predicted octanol–water partition coefficient (Wildman–Crippen LogP) is 2.17. The van der Waals surface area contributed by atoms with Crippen molar-refractivity contribution >= 4 is 5.97 Å². The van der Waals surface area contributed by atoms with Crippen molar-refractivity contribution in [1.29, 1.82) is 5.26 Å². The third kappa shape index (κ3) is 3.09. The summed E-state index contributed by atoms with van der Waals surface area (Å²) in [6.45, 7) is 1.99. The Morgan fingerprint density at radius 1 is 1.44 bits per heavy atom. The van der Waals surface area contributed by atoms with Gasteiger partial charge in [-0.05, 0) is 30.0 Å². The molecule has 84 valence electrons. The summed E-state index contributed by atoms with van der Waals surface area (Å²) in [7, 11) is 1.39. The monoisotopic (exact) mass is 217 g/mol. The minimum atomic E-state index is -0.204. The molecule has 0 unspecified atom stereocenters. The number of aryl methyl sites for hydroxylation is 1. The van der Waals surface area contributed by atoms with Gasteiger partial charge in [-0.25, -0.2) is 0 Å². The number of nitrogens with zero attached hydrogens (tertiary/aromatic N) is 1. The van der Waals surface area contributed by atoms with Crippen LogP contribution in [-0.4, -0.2) is 13.1 Å². The lowest BCUT2D eigenvalue weighted by atomic mass is 9.97. The maximum atomic E-state index is 11.0. The molecular formula is C13H15NO2. The van der Waals surface area contributed by atoms with Crippen LogP contribution in [0.4, 0.5) is 0 Å². The number of nitriles is 1. The van der Waals surface area contributed by atoms with E-state index in [0.717, 1.165) is 16.7 Å². The molecule has 1 rings (SSSR count). The Bertz CT molecular complexity index is 418. The normalized spacial score (nSPS) is 9.56. The first kappa shape index (κ1) is 12.3. The zero-order valence-electron chi connectivity index (χ0n) is 9.62. The molecule has 1 aromatic carbocycles. The molecule has 0 bridgehead atoms. The molecule has 0 heterocycles. The summed E-state index contributed by atoms with van der Waals surface area (Å²) in [6, 6.07) is 7.99. The van der Waals surface area contributed by atoms with Crippen molar-refractivity contribution < 1.29 is 9.53 Å². The maximum absolute atomic E-state index is 11.0. The van der Waals surface area contributed by atoms with E-state index in [-0.39, 0.29) is 5.97 Å². The highest BCUT2D eigenvalue weighted by Gasteiger charge is 2.06. The second-order valence-electron chi connectivity index (χ2n) is 3.61. The van der Waals surface area contributed by atoms with Crippen LogP contribution < -0.4 is 0 Å². The molecule has 16 heavy (non-hydrogen) atoms. The van der Waals surface area contributed by atoms with E-state index in [9.17, 15) is 4.79 Å². The van der Waals surface area contributed by atoms with Gasteiger partial charge in [0.15, 0.2) is 0 Å². The smallest absolute Gasteiger partial charge is 0.305 e. The lowest BCUT2D eigenvalue weighted by Gasteiger charge is -2.08. The van der Waals surface area contributed by atoms with Crippen molar-refractivity contribution in [3.8, 4) is 6.07 Å². The fourth-order valence-electron chi connectivity index (χ4n) is 1.62. The van der Waals surface area contributed by atoms with Crippen molar-refractivity contribution in [3.63, 3.8) is 0 Å². The van der Waals surface area contributed by atoms with Gasteiger partial charge in [-0.1, -0.05) is 18.2 Å². The molecule has 3 nitrogen and oxygen atoms in total. The van der Waals surface area contributed by atoms with Gasteiger partial charge in [0.2, 0.25) is 0 Å². The van der Waals surface area contributed by atoms with Crippen LogP contribution in [0, 0.1) is 18.3 Å². The summed E-state index contributed by atoms with van der Waals surface area (Å²) in [6.07, 6.45) is 1.46. The van der Waals surface area contributed by atoms with Gasteiger partial charge < -0.3 is 4.74 Å². The van der Waals surface area contributed by atoms with E-state index in [2.05, 4.69) is 10.8 Å². The molecule has 0 fully saturated rings. The largest absolute Gasteiger partial charge is 0.469 e. The first-order valence-corrected chi connectivity index (χ1v) is 5.20. The molecule has 0 saturated heterocycles. The van der Waals surface area contributed by atoms with Crippen molar-refractivity contribution in [1.82, 2.24) is 0 Å². The second kappa shape index (κ2) is 5.92. The van der Waals surface area contributed by atoms with Crippen LogP contribution in [0.1, 0.15) is 23.1 Å². The summed E-state index contributed by atoms with van der Waals surface area (Å²) in [5.74, 6) is -0.204. The summed E-state index contributed by atoms with van der Waals surface area (Å²) in [4.78, 5) is 11.0. The molecule has 0 saturated carbocycles. The Kier molecular flexibility index (Phi) is 4.53. The number of rotatable bonds is 4. The average molecular weight is 217 g/mol. The van der Waals surface area contributed by atoms with Crippen LogP contribution in [0.2, 0.25) is 0 Å². The SMILES string of the molecule is COC(=O)CCc1cccc(CC#N)c1C. The summed E-state index contributed by atoms with van der Waals surface area (Å²) in [5, 5.41) is 8.67. The van der Waals surface area contributed by atoms with Gasteiger partial charge in [0.1, 0.15) is 0 Å². The molecule has 0 aromatic heterocycles. The van der Waals surface area contributed by atoms with Crippen molar-refractivity contribution in [3.05, 3.63) is 34.9 Å². The number of methoxy groups -OCH3 is 1. The second-order valence-corrected chi connectivity index (χ2v) is 3.61.